The van der Waals surface area contributed by atoms with Gasteiger partial charge in [-0.3, -0.25) is 9.69 Å². The Morgan fingerprint density at radius 2 is 2.19 bits per heavy atom. The molecule has 0 spiro atoms. The Labute approximate surface area is 129 Å². The minimum atomic E-state index is -0.628. The summed E-state index contributed by atoms with van der Waals surface area (Å²) >= 11 is 5.81. The third-order valence-electron chi connectivity index (χ3n) is 3.63. The molecule has 0 bridgehead atoms. The Balaban J connectivity index is 1.71. The summed E-state index contributed by atoms with van der Waals surface area (Å²) in [5.41, 5.74) is 6.35. The lowest BCUT2D eigenvalue weighted by Gasteiger charge is -2.24. The highest BCUT2D eigenvalue weighted by Crippen LogP contribution is 2.17. The second-order valence-electron chi connectivity index (χ2n) is 5.35. The molecule has 6 heteroatoms. The van der Waals surface area contributed by atoms with E-state index in [1.165, 1.54) is 0 Å². The molecule has 1 fully saturated rings. The number of benzene rings is 1. The summed E-state index contributed by atoms with van der Waals surface area (Å²) in [5, 5.41) is 10.7. The van der Waals surface area contributed by atoms with Crippen molar-refractivity contribution in [1.82, 2.24) is 4.90 Å². The number of ether oxygens (including phenoxy) is 1. The molecular formula is C15H21ClN2O3. The predicted molar refractivity (Wildman–Crippen MR) is 80.9 cm³/mol. The van der Waals surface area contributed by atoms with E-state index < -0.39 is 6.10 Å². The zero-order valence-electron chi connectivity index (χ0n) is 11.9. The summed E-state index contributed by atoms with van der Waals surface area (Å²) in [7, 11) is 0. The maximum Gasteiger partial charge on any atom is 0.234 e. The van der Waals surface area contributed by atoms with Crippen LogP contribution in [0.2, 0.25) is 5.02 Å². The van der Waals surface area contributed by atoms with E-state index in [1.54, 1.807) is 12.1 Å². The monoisotopic (exact) mass is 312 g/mol. The number of nitrogens with two attached hydrogens (primary N) is 1. The molecule has 5 nitrogen and oxygen atoms in total. The number of carbonyl (C=O) groups is 1. The minimum absolute atomic E-state index is 0.227. The first-order chi connectivity index (χ1) is 10.1. The molecule has 0 radical (unpaired) electrons. The van der Waals surface area contributed by atoms with Crippen molar-refractivity contribution in [3.8, 4) is 0 Å². The topological polar surface area (TPSA) is 75.8 Å². The molecule has 0 unspecified atom stereocenters. The molecule has 116 valence electrons. The molecule has 0 aromatic heterocycles. The van der Waals surface area contributed by atoms with Crippen LogP contribution in [-0.2, 0) is 16.1 Å². The number of hydrogen-bond acceptors (Lipinski definition) is 4. The van der Waals surface area contributed by atoms with Crippen molar-refractivity contribution < 1.29 is 14.6 Å². The van der Waals surface area contributed by atoms with Gasteiger partial charge in [0.2, 0.25) is 5.91 Å². The van der Waals surface area contributed by atoms with Crippen molar-refractivity contribution in [3.63, 3.8) is 0 Å². The minimum Gasteiger partial charge on any atom is -0.389 e. The molecule has 0 aliphatic carbocycles. The summed E-state index contributed by atoms with van der Waals surface area (Å²) in [4.78, 5) is 13.2. The van der Waals surface area contributed by atoms with Gasteiger partial charge < -0.3 is 15.6 Å². The van der Waals surface area contributed by atoms with Crippen LogP contribution in [0, 0.1) is 0 Å². The molecule has 2 rings (SSSR count). The summed E-state index contributed by atoms with van der Waals surface area (Å²) < 4.78 is 5.49. The smallest absolute Gasteiger partial charge is 0.234 e. The third-order valence-corrected chi connectivity index (χ3v) is 3.88. The van der Waals surface area contributed by atoms with Crippen LogP contribution >= 0.6 is 11.6 Å². The molecule has 1 aliphatic rings. The Bertz CT molecular complexity index is 466. The predicted octanol–water partition coefficient (Wildman–Crippen LogP) is 1.17. The number of amides is 1. The van der Waals surface area contributed by atoms with E-state index >= 15 is 0 Å². The number of aliphatic hydroxyl groups excluding tert-OH is 1. The molecule has 1 aromatic rings. The zero-order valence-corrected chi connectivity index (χ0v) is 12.6. The molecule has 0 saturated carbocycles. The van der Waals surface area contributed by atoms with Crippen LogP contribution in [0.25, 0.3) is 0 Å². The lowest BCUT2D eigenvalue weighted by Crippen LogP contribution is -2.44. The normalized spacial score (nSPS) is 20.6. The molecule has 1 aliphatic heterocycles. The van der Waals surface area contributed by atoms with Crippen LogP contribution in [0.1, 0.15) is 18.4 Å². The fourth-order valence-electron chi connectivity index (χ4n) is 2.58. The first-order valence-electron chi connectivity index (χ1n) is 7.10. The number of rotatable bonds is 7. The Kier molecular flexibility index (Phi) is 5.99. The molecule has 1 aromatic carbocycles. The standard InChI is InChI=1S/C15H21ClN2O3/c16-12-5-3-11(4-6-12)9-21-10-13(19)8-18-7-1-2-14(18)15(17)20/h3-6,13-14,19H,1-2,7-10H2,(H2,17,20)/t13-,14-/m0/s1. The maximum atomic E-state index is 11.3. The second kappa shape index (κ2) is 7.75. The SMILES string of the molecule is NC(=O)[C@@H]1CCCN1C[C@H](O)COCc1ccc(Cl)cc1. The summed E-state index contributed by atoms with van der Waals surface area (Å²) in [6.07, 6.45) is 1.08. The van der Waals surface area contributed by atoms with E-state index in [1.807, 2.05) is 17.0 Å². The van der Waals surface area contributed by atoms with Crippen molar-refractivity contribution in [2.45, 2.75) is 31.6 Å². The van der Waals surface area contributed by atoms with E-state index in [9.17, 15) is 9.90 Å². The fourth-order valence-corrected chi connectivity index (χ4v) is 2.71. The first-order valence-corrected chi connectivity index (χ1v) is 7.47. The van der Waals surface area contributed by atoms with E-state index in [-0.39, 0.29) is 18.6 Å². The largest absolute Gasteiger partial charge is 0.389 e. The average Bonchev–Trinajstić information content (AvgIpc) is 2.89. The summed E-state index contributed by atoms with van der Waals surface area (Å²) in [5.74, 6) is -0.318. The zero-order chi connectivity index (χ0) is 15.2. The lowest BCUT2D eigenvalue weighted by molar-refractivity contribution is -0.122. The van der Waals surface area contributed by atoms with Gasteiger partial charge in [-0.2, -0.15) is 0 Å². The molecule has 1 amide bonds. The van der Waals surface area contributed by atoms with Gasteiger partial charge in [0.1, 0.15) is 0 Å². The number of aliphatic hydroxyl groups is 1. The highest BCUT2D eigenvalue weighted by Gasteiger charge is 2.30. The average molecular weight is 313 g/mol. The van der Waals surface area contributed by atoms with Gasteiger partial charge in [-0.05, 0) is 37.1 Å². The summed E-state index contributed by atoms with van der Waals surface area (Å²) in [6, 6.07) is 7.13. The summed E-state index contributed by atoms with van der Waals surface area (Å²) in [6.45, 7) is 1.86. The van der Waals surface area contributed by atoms with Gasteiger partial charge in [0.15, 0.2) is 0 Å². The third kappa shape index (κ3) is 4.97. The highest BCUT2D eigenvalue weighted by atomic mass is 35.5. The molecule has 1 heterocycles. The van der Waals surface area contributed by atoms with Gasteiger partial charge in [0.05, 0.1) is 25.4 Å². The van der Waals surface area contributed by atoms with Gasteiger partial charge >= 0.3 is 0 Å². The molecule has 2 atom stereocenters. The van der Waals surface area contributed by atoms with Gasteiger partial charge in [-0.15, -0.1) is 0 Å². The van der Waals surface area contributed by atoms with Crippen LogP contribution < -0.4 is 5.73 Å². The van der Waals surface area contributed by atoms with Crippen molar-refractivity contribution >= 4 is 17.5 Å². The van der Waals surface area contributed by atoms with Crippen molar-refractivity contribution in [2.24, 2.45) is 5.73 Å². The first kappa shape index (κ1) is 16.2. The maximum absolute atomic E-state index is 11.3. The number of hydrogen-bond donors (Lipinski definition) is 2. The number of nitrogens with zero attached hydrogens (tertiary/aromatic N) is 1. The second-order valence-corrected chi connectivity index (χ2v) is 5.79. The van der Waals surface area contributed by atoms with Crippen molar-refractivity contribution in [2.75, 3.05) is 19.7 Å². The number of halogens is 1. The van der Waals surface area contributed by atoms with Crippen molar-refractivity contribution in [1.29, 1.82) is 0 Å². The Morgan fingerprint density at radius 3 is 2.86 bits per heavy atom. The van der Waals surface area contributed by atoms with Gasteiger partial charge in [0, 0.05) is 11.6 Å². The van der Waals surface area contributed by atoms with Crippen LogP contribution in [0.4, 0.5) is 0 Å². The Hall–Kier alpha value is -1.14. The van der Waals surface area contributed by atoms with Gasteiger partial charge in [0.25, 0.3) is 0 Å². The highest BCUT2D eigenvalue weighted by molar-refractivity contribution is 6.30. The van der Waals surface area contributed by atoms with Crippen LogP contribution in [0.5, 0.6) is 0 Å². The van der Waals surface area contributed by atoms with E-state index in [0.29, 0.717) is 18.2 Å². The van der Waals surface area contributed by atoms with E-state index in [4.69, 9.17) is 22.1 Å². The van der Waals surface area contributed by atoms with Gasteiger partial charge in [-0.25, -0.2) is 0 Å². The molecular weight excluding hydrogens is 292 g/mol. The quantitative estimate of drug-likeness (QED) is 0.792. The number of β-amino-alcohol motifs (C(OH)–C–C–N with tert-alkyl or cyclic N) is 1. The number of primary amides is 1. The Morgan fingerprint density at radius 1 is 1.48 bits per heavy atom. The van der Waals surface area contributed by atoms with Crippen LogP contribution in [-0.4, -0.2) is 47.8 Å². The molecule has 21 heavy (non-hydrogen) atoms. The van der Waals surface area contributed by atoms with E-state index in [2.05, 4.69) is 0 Å². The number of carbonyl (C=O) groups excluding carboxylic acids is 1. The van der Waals surface area contributed by atoms with Gasteiger partial charge in [-0.1, -0.05) is 23.7 Å². The van der Waals surface area contributed by atoms with Crippen LogP contribution in [0.15, 0.2) is 24.3 Å². The van der Waals surface area contributed by atoms with Crippen LogP contribution in [0.3, 0.4) is 0 Å². The fraction of sp³-hybridized carbons (Fsp3) is 0.533. The lowest BCUT2D eigenvalue weighted by atomic mass is 10.2. The van der Waals surface area contributed by atoms with E-state index in [0.717, 1.165) is 24.9 Å². The molecule has 1 saturated heterocycles. The van der Waals surface area contributed by atoms with Crippen molar-refractivity contribution in [3.05, 3.63) is 34.9 Å². The molecule has 3 N–H and O–H groups in total. The number of likely N-dealkylation sites (tertiary alicyclic amines) is 1.